The number of hydrogen-bond acceptors (Lipinski definition) is 7. The first-order valence-electron chi connectivity index (χ1n) is 12.2. The summed E-state index contributed by atoms with van der Waals surface area (Å²) >= 11 is 1.23. The maximum absolute atomic E-state index is 13.5. The van der Waals surface area contributed by atoms with Crippen LogP contribution in [0.2, 0.25) is 0 Å². The zero-order valence-electron chi connectivity index (χ0n) is 21.4. The number of furan rings is 1. The molecular formula is C30H24FN3O5S. The number of rotatable bonds is 9. The molecule has 0 unspecified atom stereocenters. The number of methoxy groups -OCH3 is 1. The number of aliphatic imine (C=N–C) groups is 1. The number of nitrogens with zero attached hydrogens (tertiary/aromatic N) is 2. The standard InChI is InChI=1S/C30H24FN3O5S/c1-37-25-11-5-7-20(28(25)39-19-27(35)32-23-14-12-21(31)13-15-23)17-26-29(36)34(18-24-10-6-16-38-24)30(40-26)33-22-8-3-2-4-9-22/h2-17H,18-19H2,1H3,(H,32,35)/b26-17-,33-30?. The van der Waals surface area contributed by atoms with Crippen LogP contribution in [0, 0.1) is 5.82 Å². The molecule has 0 bridgehead atoms. The predicted molar refractivity (Wildman–Crippen MR) is 152 cm³/mol. The second-order valence-electron chi connectivity index (χ2n) is 8.53. The molecule has 202 valence electrons. The quantitative estimate of drug-likeness (QED) is 0.245. The molecule has 2 heterocycles. The van der Waals surface area contributed by atoms with Crippen molar-refractivity contribution in [1.82, 2.24) is 4.90 Å². The van der Waals surface area contributed by atoms with E-state index in [1.807, 2.05) is 30.3 Å². The third-order valence-electron chi connectivity index (χ3n) is 5.75. The van der Waals surface area contributed by atoms with Gasteiger partial charge in [0.2, 0.25) is 0 Å². The molecule has 3 aromatic carbocycles. The zero-order valence-corrected chi connectivity index (χ0v) is 22.2. The molecule has 5 rings (SSSR count). The van der Waals surface area contributed by atoms with Gasteiger partial charge in [-0.05, 0) is 72.4 Å². The number of halogens is 1. The number of ether oxygens (including phenoxy) is 2. The van der Waals surface area contributed by atoms with E-state index in [0.717, 1.165) is 0 Å². The van der Waals surface area contributed by atoms with Crippen molar-refractivity contribution in [3.05, 3.63) is 113 Å². The lowest BCUT2D eigenvalue weighted by molar-refractivity contribution is -0.122. The summed E-state index contributed by atoms with van der Waals surface area (Å²) in [7, 11) is 1.49. The lowest BCUT2D eigenvalue weighted by Crippen LogP contribution is -2.28. The van der Waals surface area contributed by atoms with Crippen molar-refractivity contribution in [3.8, 4) is 11.5 Å². The minimum absolute atomic E-state index is 0.215. The summed E-state index contributed by atoms with van der Waals surface area (Å²) in [6.45, 7) is -0.118. The van der Waals surface area contributed by atoms with Crippen molar-refractivity contribution in [2.75, 3.05) is 19.0 Å². The number of nitrogens with one attached hydrogen (secondary N) is 1. The molecule has 1 fully saturated rings. The minimum Gasteiger partial charge on any atom is -0.493 e. The Balaban J connectivity index is 1.41. The highest BCUT2D eigenvalue weighted by molar-refractivity contribution is 8.18. The summed E-state index contributed by atoms with van der Waals surface area (Å²) in [5.41, 5.74) is 1.69. The zero-order chi connectivity index (χ0) is 27.9. The molecule has 0 atom stereocenters. The van der Waals surface area contributed by atoms with E-state index in [2.05, 4.69) is 5.32 Å². The number of carbonyl (C=O) groups excluding carboxylic acids is 2. The van der Waals surface area contributed by atoms with Crippen molar-refractivity contribution in [2.24, 2.45) is 4.99 Å². The number of anilines is 1. The van der Waals surface area contributed by atoms with Crippen LogP contribution in [0.15, 0.2) is 106 Å². The van der Waals surface area contributed by atoms with Gasteiger partial charge >= 0.3 is 0 Å². The number of amides is 2. The number of benzene rings is 3. The van der Waals surface area contributed by atoms with E-state index in [9.17, 15) is 14.0 Å². The summed E-state index contributed by atoms with van der Waals surface area (Å²) in [6.07, 6.45) is 3.24. The molecule has 0 spiro atoms. The van der Waals surface area contributed by atoms with Gasteiger partial charge in [-0.1, -0.05) is 30.3 Å². The van der Waals surface area contributed by atoms with Gasteiger partial charge < -0.3 is 19.2 Å². The maximum atomic E-state index is 13.5. The van der Waals surface area contributed by atoms with Crippen LogP contribution in [0.1, 0.15) is 11.3 Å². The topological polar surface area (TPSA) is 93.4 Å². The van der Waals surface area contributed by atoms with Crippen LogP contribution in [0.25, 0.3) is 6.08 Å². The number of thioether (sulfide) groups is 1. The van der Waals surface area contributed by atoms with E-state index in [4.69, 9.17) is 18.9 Å². The summed E-state index contributed by atoms with van der Waals surface area (Å²) in [6, 6.07) is 23.6. The van der Waals surface area contributed by atoms with Crippen LogP contribution in [0.4, 0.5) is 15.8 Å². The fraction of sp³-hybridized carbons (Fsp3) is 0.100. The van der Waals surface area contributed by atoms with Crippen molar-refractivity contribution < 1.29 is 27.9 Å². The van der Waals surface area contributed by atoms with Gasteiger partial charge in [-0.15, -0.1) is 0 Å². The van der Waals surface area contributed by atoms with Crippen LogP contribution >= 0.6 is 11.8 Å². The van der Waals surface area contributed by atoms with E-state index in [-0.39, 0.29) is 19.1 Å². The molecule has 0 radical (unpaired) electrons. The molecule has 1 saturated heterocycles. The number of carbonyl (C=O) groups is 2. The third kappa shape index (κ3) is 6.41. The van der Waals surface area contributed by atoms with Crippen LogP contribution in [0.5, 0.6) is 11.5 Å². The maximum Gasteiger partial charge on any atom is 0.267 e. The lowest BCUT2D eigenvalue weighted by Gasteiger charge is -2.14. The second kappa shape index (κ2) is 12.4. The predicted octanol–water partition coefficient (Wildman–Crippen LogP) is 6.25. The molecule has 4 aromatic rings. The Morgan fingerprint density at radius 2 is 1.85 bits per heavy atom. The van der Waals surface area contributed by atoms with Gasteiger partial charge in [-0.3, -0.25) is 14.5 Å². The van der Waals surface area contributed by atoms with E-state index in [1.54, 1.807) is 47.6 Å². The van der Waals surface area contributed by atoms with Crippen molar-refractivity contribution in [2.45, 2.75) is 6.54 Å². The molecule has 1 aliphatic rings. The van der Waals surface area contributed by atoms with Gasteiger partial charge in [0, 0.05) is 11.3 Å². The molecule has 10 heteroatoms. The van der Waals surface area contributed by atoms with Gasteiger partial charge in [-0.2, -0.15) is 0 Å². The Kier molecular flexibility index (Phi) is 8.26. The Morgan fingerprint density at radius 3 is 2.58 bits per heavy atom. The first kappa shape index (κ1) is 26.8. The smallest absolute Gasteiger partial charge is 0.267 e. The van der Waals surface area contributed by atoms with Gasteiger partial charge in [0.1, 0.15) is 11.6 Å². The molecule has 2 amide bonds. The Labute approximate surface area is 234 Å². The van der Waals surface area contributed by atoms with Gasteiger partial charge in [0.15, 0.2) is 23.3 Å². The largest absolute Gasteiger partial charge is 0.493 e. The summed E-state index contributed by atoms with van der Waals surface area (Å²) < 4.78 is 30.0. The van der Waals surface area contributed by atoms with Crippen LogP contribution < -0.4 is 14.8 Å². The monoisotopic (exact) mass is 557 g/mol. The average Bonchev–Trinajstić information content (AvgIpc) is 3.58. The fourth-order valence-electron chi connectivity index (χ4n) is 3.87. The van der Waals surface area contributed by atoms with Crippen LogP contribution in [-0.2, 0) is 16.1 Å². The van der Waals surface area contributed by atoms with E-state index in [0.29, 0.717) is 44.3 Å². The first-order chi connectivity index (χ1) is 19.5. The molecule has 1 aliphatic heterocycles. The molecular weight excluding hydrogens is 533 g/mol. The van der Waals surface area contributed by atoms with Crippen LogP contribution in [0.3, 0.4) is 0 Å². The van der Waals surface area contributed by atoms with Crippen molar-refractivity contribution in [3.63, 3.8) is 0 Å². The van der Waals surface area contributed by atoms with Crippen molar-refractivity contribution in [1.29, 1.82) is 0 Å². The van der Waals surface area contributed by atoms with E-state index >= 15 is 0 Å². The van der Waals surface area contributed by atoms with Gasteiger partial charge in [-0.25, -0.2) is 9.38 Å². The SMILES string of the molecule is COc1cccc(/C=C2\SC(=Nc3ccccc3)N(Cc3ccco3)C2=O)c1OCC(=O)Nc1ccc(F)cc1. The molecule has 8 nitrogen and oxygen atoms in total. The minimum atomic E-state index is -0.440. The average molecular weight is 558 g/mol. The van der Waals surface area contributed by atoms with Crippen molar-refractivity contribution >= 4 is 46.2 Å². The molecule has 0 aliphatic carbocycles. The number of amidine groups is 1. The van der Waals surface area contributed by atoms with Gasteiger partial charge in [0.25, 0.3) is 11.8 Å². The molecule has 1 aromatic heterocycles. The summed E-state index contributed by atoms with van der Waals surface area (Å²) in [5, 5.41) is 3.16. The van der Waals surface area contributed by atoms with Gasteiger partial charge in [0.05, 0.1) is 30.5 Å². The highest BCUT2D eigenvalue weighted by Crippen LogP contribution is 2.39. The fourth-order valence-corrected chi connectivity index (χ4v) is 4.86. The third-order valence-corrected chi connectivity index (χ3v) is 6.76. The van der Waals surface area contributed by atoms with E-state index in [1.165, 1.54) is 43.1 Å². The summed E-state index contributed by atoms with van der Waals surface area (Å²) in [5.74, 6) is 0.216. The van der Waals surface area contributed by atoms with Crippen LogP contribution in [-0.4, -0.2) is 35.6 Å². The number of hydrogen-bond donors (Lipinski definition) is 1. The number of para-hydroxylation sites is 2. The second-order valence-corrected chi connectivity index (χ2v) is 9.54. The lowest BCUT2D eigenvalue weighted by atomic mass is 10.1. The molecule has 1 N–H and O–H groups in total. The molecule has 0 saturated carbocycles. The normalized spacial score (nSPS) is 15.1. The highest BCUT2D eigenvalue weighted by atomic mass is 32.2. The Bertz CT molecular complexity index is 1550. The Morgan fingerprint density at radius 1 is 1.05 bits per heavy atom. The Hall–Kier alpha value is -4.83. The molecule has 40 heavy (non-hydrogen) atoms. The highest BCUT2D eigenvalue weighted by Gasteiger charge is 2.34. The van der Waals surface area contributed by atoms with E-state index < -0.39 is 11.7 Å². The summed E-state index contributed by atoms with van der Waals surface area (Å²) in [4.78, 5) is 32.7. The first-order valence-corrected chi connectivity index (χ1v) is 13.0.